The second-order valence-corrected chi connectivity index (χ2v) is 4.71. The van der Waals surface area contributed by atoms with Gasteiger partial charge in [-0.3, -0.25) is 14.9 Å². The molecule has 0 saturated heterocycles. The van der Waals surface area contributed by atoms with Gasteiger partial charge in [-0.25, -0.2) is 4.98 Å². The maximum atomic E-state index is 11.4. The highest BCUT2D eigenvalue weighted by Gasteiger charge is 2.29. The van der Waals surface area contributed by atoms with Gasteiger partial charge in [-0.15, -0.1) is 0 Å². The number of anilines is 1. The lowest BCUT2D eigenvalue weighted by molar-refractivity contribution is -0.384. The third kappa shape index (κ3) is 3.78. The number of hydrogen-bond donors (Lipinski definition) is 2. The summed E-state index contributed by atoms with van der Waals surface area (Å²) in [4.78, 5) is 25.5. The first kappa shape index (κ1) is 13.5. The van der Waals surface area contributed by atoms with E-state index in [1.807, 2.05) is 0 Å². The Morgan fingerprint density at radius 3 is 2.89 bits per heavy atom. The smallest absolute Gasteiger partial charge is 0.312 e. The van der Waals surface area contributed by atoms with Crippen LogP contribution in [0.3, 0.4) is 0 Å². The van der Waals surface area contributed by atoms with Gasteiger partial charge >= 0.3 is 5.69 Å². The van der Waals surface area contributed by atoms with E-state index in [1.54, 1.807) is 0 Å². The molecule has 0 aliphatic heterocycles. The van der Waals surface area contributed by atoms with E-state index >= 15 is 0 Å². The number of pyridine rings is 1. The molecule has 1 aliphatic rings. The van der Waals surface area contributed by atoms with Gasteiger partial charge in [0.05, 0.1) is 9.95 Å². The van der Waals surface area contributed by atoms with Gasteiger partial charge in [0, 0.05) is 31.3 Å². The van der Waals surface area contributed by atoms with Gasteiger partial charge in [0.25, 0.3) is 0 Å². The molecule has 0 aromatic carbocycles. The summed E-state index contributed by atoms with van der Waals surface area (Å²) in [6, 6.07) is 1.24. The SMILES string of the molecule is O=C(NCCNc1ncc(Cl)cc1[N+](=O)[O-])C1CC1. The molecule has 1 aromatic rings. The average molecular weight is 285 g/mol. The largest absolute Gasteiger partial charge is 0.363 e. The number of carbonyl (C=O) groups excluding carboxylic acids is 1. The molecule has 0 atom stereocenters. The van der Waals surface area contributed by atoms with Crippen LogP contribution in [0.4, 0.5) is 11.5 Å². The number of hydrogen-bond acceptors (Lipinski definition) is 5. The summed E-state index contributed by atoms with van der Waals surface area (Å²) in [7, 11) is 0. The topological polar surface area (TPSA) is 97.2 Å². The van der Waals surface area contributed by atoms with Crippen LogP contribution in [0.15, 0.2) is 12.3 Å². The van der Waals surface area contributed by atoms with Crippen LogP contribution in [0.25, 0.3) is 0 Å². The number of aromatic nitrogens is 1. The maximum absolute atomic E-state index is 11.4. The van der Waals surface area contributed by atoms with Crippen molar-refractivity contribution in [3.8, 4) is 0 Å². The fourth-order valence-corrected chi connectivity index (χ4v) is 1.71. The lowest BCUT2D eigenvalue weighted by Gasteiger charge is -2.07. The molecule has 7 nitrogen and oxygen atoms in total. The number of nitrogens with one attached hydrogen (secondary N) is 2. The van der Waals surface area contributed by atoms with E-state index in [-0.39, 0.29) is 28.4 Å². The molecule has 1 amide bonds. The molecule has 1 saturated carbocycles. The van der Waals surface area contributed by atoms with Crippen LogP contribution >= 0.6 is 11.6 Å². The third-order valence-corrected chi connectivity index (χ3v) is 2.90. The molecule has 0 unspecified atom stereocenters. The predicted molar refractivity (Wildman–Crippen MR) is 70.1 cm³/mol. The normalized spacial score (nSPS) is 13.9. The Bertz CT molecular complexity index is 505. The second-order valence-electron chi connectivity index (χ2n) is 4.27. The first-order valence-corrected chi connectivity index (χ1v) is 6.27. The van der Waals surface area contributed by atoms with Crippen LogP contribution in [0.2, 0.25) is 5.02 Å². The quantitative estimate of drug-likeness (QED) is 0.469. The van der Waals surface area contributed by atoms with Gasteiger partial charge < -0.3 is 10.6 Å². The first-order valence-electron chi connectivity index (χ1n) is 5.89. The molecule has 102 valence electrons. The Morgan fingerprint density at radius 1 is 1.53 bits per heavy atom. The molecule has 1 heterocycles. The minimum atomic E-state index is -0.552. The Hall–Kier alpha value is -1.89. The second kappa shape index (κ2) is 5.83. The Labute approximate surface area is 114 Å². The van der Waals surface area contributed by atoms with Gasteiger partial charge in [0.1, 0.15) is 0 Å². The summed E-state index contributed by atoms with van der Waals surface area (Å²) in [5, 5.41) is 16.6. The van der Waals surface area contributed by atoms with Gasteiger partial charge in [0.15, 0.2) is 0 Å². The van der Waals surface area contributed by atoms with E-state index in [1.165, 1.54) is 12.3 Å². The molecule has 19 heavy (non-hydrogen) atoms. The summed E-state index contributed by atoms with van der Waals surface area (Å²) < 4.78 is 0. The Morgan fingerprint density at radius 2 is 2.26 bits per heavy atom. The predicted octanol–water partition coefficient (Wildman–Crippen LogP) is 1.58. The molecule has 2 rings (SSSR count). The van der Waals surface area contributed by atoms with Crippen molar-refractivity contribution in [3.05, 3.63) is 27.4 Å². The van der Waals surface area contributed by atoms with Gasteiger partial charge in [-0.1, -0.05) is 11.6 Å². The molecule has 8 heteroatoms. The van der Waals surface area contributed by atoms with Crippen molar-refractivity contribution in [2.75, 3.05) is 18.4 Å². The van der Waals surface area contributed by atoms with Crippen molar-refractivity contribution in [2.24, 2.45) is 5.92 Å². The van der Waals surface area contributed by atoms with Crippen LogP contribution in [-0.2, 0) is 4.79 Å². The molecule has 0 bridgehead atoms. The summed E-state index contributed by atoms with van der Waals surface area (Å²) in [6.45, 7) is 0.769. The molecule has 0 spiro atoms. The average Bonchev–Trinajstić information content (AvgIpc) is 3.19. The highest BCUT2D eigenvalue weighted by Crippen LogP contribution is 2.28. The fraction of sp³-hybridized carbons (Fsp3) is 0.455. The number of rotatable bonds is 6. The zero-order valence-electron chi connectivity index (χ0n) is 10.1. The number of nitrogens with zero attached hydrogens (tertiary/aromatic N) is 2. The summed E-state index contributed by atoms with van der Waals surface area (Å²) in [6.07, 6.45) is 3.23. The monoisotopic (exact) mass is 284 g/mol. The lowest BCUT2D eigenvalue weighted by atomic mass is 10.3. The Kier molecular flexibility index (Phi) is 4.16. The highest BCUT2D eigenvalue weighted by molar-refractivity contribution is 6.30. The molecule has 1 aliphatic carbocycles. The number of nitro groups is 1. The summed E-state index contributed by atoms with van der Waals surface area (Å²) in [5.41, 5.74) is -0.180. The van der Waals surface area contributed by atoms with Crippen molar-refractivity contribution in [2.45, 2.75) is 12.8 Å². The molecular formula is C11H13ClN4O3. The molecular weight excluding hydrogens is 272 g/mol. The van der Waals surface area contributed by atoms with E-state index in [4.69, 9.17) is 11.6 Å². The maximum Gasteiger partial charge on any atom is 0.312 e. The van der Waals surface area contributed by atoms with Crippen molar-refractivity contribution in [3.63, 3.8) is 0 Å². The standard InChI is InChI=1S/C11H13ClN4O3/c12-8-5-9(16(18)19)10(15-6-8)13-3-4-14-11(17)7-1-2-7/h5-7H,1-4H2,(H,13,15)(H,14,17). The van der Waals surface area contributed by atoms with E-state index in [9.17, 15) is 14.9 Å². The van der Waals surface area contributed by atoms with Crippen molar-refractivity contribution in [1.82, 2.24) is 10.3 Å². The van der Waals surface area contributed by atoms with Crippen LogP contribution in [0, 0.1) is 16.0 Å². The Balaban J connectivity index is 1.84. The summed E-state index contributed by atoms with van der Waals surface area (Å²) >= 11 is 5.65. The van der Waals surface area contributed by atoms with Crippen molar-refractivity contribution >= 4 is 29.0 Å². The van der Waals surface area contributed by atoms with Gasteiger partial charge in [-0.05, 0) is 12.8 Å². The first-order chi connectivity index (χ1) is 9.08. The van der Waals surface area contributed by atoms with Gasteiger partial charge in [0.2, 0.25) is 11.7 Å². The minimum absolute atomic E-state index is 0.0420. The zero-order valence-corrected chi connectivity index (χ0v) is 10.8. The van der Waals surface area contributed by atoms with Crippen LogP contribution < -0.4 is 10.6 Å². The van der Waals surface area contributed by atoms with Crippen molar-refractivity contribution in [1.29, 1.82) is 0 Å². The number of carbonyl (C=O) groups is 1. The van der Waals surface area contributed by atoms with E-state index in [0.717, 1.165) is 12.8 Å². The molecule has 0 radical (unpaired) electrons. The number of amides is 1. The molecule has 1 aromatic heterocycles. The van der Waals surface area contributed by atoms with E-state index in [2.05, 4.69) is 15.6 Å². The van der Waals surface area contributed by atoms with Crippen LogP contribution in [0.5, 0.6) is 0 Å². The number of halogens is 1. The molecule has 1 fully saturated rings. The molecule has 2 N–H and O–H groups in total. The van der Waals surface area contributed by atoms with Crippen LogP contribution in [0.1, 0.15) is 12.8 Å². The minimum Gasteiger partial charge on any atom is -0.363 e. The van der Waals surface area contributed by atoms with E-state index < -0.39 is 4.92 Å². The van der Waals surface area contributed by atoms with E-state index in [0.29, 0.717) is 13.1 Å². The fourth-order valence-electron chi connectivity index (χ4n) is 1.56. The summed E-state index contributed by atoms with van der Waals surface area (Å²) in [5.74, 6) is 0.346. The lowest BCUT2D eigenvalue weighted by Crippen LogP contribution is -2.30. The highest BCUT2D eigenvalue weighted by atomic mass is 35.5. The van der Waals surface area contributed by atoms with Crippen LogP contribution in [-0.4, -0.2) is 28.9 Å². The van der Waals surface area contributed by atoms with Crippen molar-refractivity contribution < 1.29 is 9.72 Å². The van der Waals surface area contributed by atoms with Gasteiger partial charge in [-0.2, -0.15) is 0 Å². The zero-order chi connectivity index (χ0) is 13.8. The third-order valence-electron chi connectivity index (χ3n) is 2.70.